The summed E-state index contributed by atoms with van der Waals surface area (Å²) < 4.78 is 0. The van der Waals surface area contributed by atoms with Crippen molar-refractivity contribution in [2.24, 2.45) is 5.92 Å². The van der Waals surface area contributed by atoms with Gasteiger partial charge in [0.15, 0.2) is 0 Å². The van der Waals surface area contributed by atoms with Crippen LogP contribution < -0.4 is 0 Å². The predicted octanol–water partition coefficient (Wildman–Crippen LogP) is 2.80. The van der Waals surface area contributed by atoms with E-state index in [1.807, 2.05) is 0 Å². The van der Waals surface area contributed by atoms with Gasteiger partial charge in [-0.05, 0) is 38.5 Å². The van der Waals surface area contributed by atoms with Gasteiger partial charge in [-0.1, -0.05) is 6.42 Å². The minimum Gasteiger partial charge on any atom is -0.339 e. The van der Waals surface area contributed by atoms with Crippen LogP contribution in [-0.4, -0.2) is 29.3 Å². The van der Waals surface area contributed by atoms with Gasteiger partial charge in [0.25, 0.3) is 0 Å². The molecule has 0 aromatic rings. The second kappa shape index (κ2) is 5.20. The van der Waals surface area contributed by atoms with E-state index in [1.54, 1.807) is 0 Å². The van der Waals surface area contributed by atoms with Gasteiger partial charge in [0.2, 0.25) is 5.91 Å². The van der Waals surface area contributed by atoms with Crippen molar-refractivity contribution in [3.8, 4) is 0 Å². The molecule has 1 heterocycles. The van der Waals surface area contributed by atoms with Gasteiger partial charge in [0.05, 0.1) is 0 Å². The van der Waals surface area contributed by atoms with Crippen LogP contribution in [0.15, 0.2) is 0 Å². The highest BCUT2D eigenvalue weighted by atomic mass is 35.5. The highest BCUT2D eigenvalue weighted by Gasteiger charge is 2.34. The molecule has 1 saturated carbocycles. The van der Waals surface area contributed by atoms with E-state index in [2.05, 4.69) is 4.90 Å². The number of likely N-dealkylation sites (tertiary alicyclic amines) is 1. The lowest BCUT2D eigenvalue weighted by atomic mass is 9.84. The van der Waals surface area contributed by atoms with Gasteiger partial charge < -0.3 is 4.90 Å². The number of hydrogen-bond acceptors (Lipinski definition) is 1. The molecule has 0 bridgehead atoms. The molecule has 2 rings (SSSR count). The lowest BCUT2D eigenvalue weighted by Crippen LogP contribution is -2.41. The third kappa shape index (κ3) is 2.47. The van der Waals surface area contributed by atoms with Crippen LogP contribution >= 0.6 is 11.6 Å². The zero-order valence-electron chi connectivity index (χ0n) is 9.25. The number of carbonyl (C=O) groups is 1. The molecule has 2 fully saturated rings. The van der Waals surface area contributed by atoms with Crippen LogP contribution in [0.25, 0.3) is 0 Å². The fourth-order valence-corrected chi connectivity index (χ4v) is 2.78. The molecule has 0 radical (unpaired) electrons. The Labute approximate surface area is 97.0 Å². The average molecular weight is 230 g/mol. The van der Waals surface area contributed by atoms with Crippen LogP contribution in [0, 0.1) is 5.92 Å². The topological polar surface area (TPSA) is 20.3 Å². The SMILES string of the molecule is O=C(C1CCC1)N1CCCC1CCCCl. The molecular formula is C12H20ClNO. The molecule has 86 valence electrons. The third-order valence-electron chi connectivity index (χ3n) is 3.79. The van der Waals surface area contributed by atoms with Gasteiger partial charge in [0.1, 0.15) is 0 Å². The Morgan fingerprint density at radius 3 is 2.67 bits per heavy atom. The Morgan fingerprint density at radius 1 is 1.27 bits per heavy atom. The van der Waals surface area contributed by atoms with Gasteiger partial charge in [0, 0.05) is 24.4 Å². The Morgan fingerprint density at radius 2 is 2.07 bits per heavy atom. The van der Waals surface area contributed by atoms with Gasteiger partial charge in [-0.3, -0.25) is 4.79 Å². The second-order valence-corrected chi connectivity index (χ2v) is 5.16. The first-order valence-electron chi connectivity index (χ1n) is 6.19. The molecule has 1 atom stereocenters. The largest absolute Gasteiger partial charge is 0.339 e. The van der Waals surface area contributed by atoms with Crippen molar-refractivity contribution in [1.82, 2.24) is 4.90 Å². The van der Waals surface area contributed by atoms with Crippen molar-refractivity contribution < 1.29 is 4.79 Å². The van der Waals surface area contributed by atoms with Gasteiger partial charge in [-0.2, -0.15) is 0 Å². The van der Waals surface area contributed by atoms with Crippen molar-refractivity contribution in [1.29, 1.82) is 0 Å². The first-order valence-corrected chi connectivity index (χ1v) is 6.73. The zero-order valence-corrected chi connectivity index (χ0v) is 10.0. The summed E-state index contributed by atoms with van der Waals surface area (Å²) in [6.07, 6.45) is 8.01. The van der Waals surface area contributed by atoms with Crippen LogP contribution in [0.3, 0.4) is 0 Å². The number of halogens is 1. The summed E-state index contributed by atoms with van der Waals surface area (Å²) >= 11 is 5.70. The molecule has 2 nitrogen and oxygen atoms in total. The standard InChI is InChI=1S/C12H20ClNO/c13-8-2-6-11-7-3-9-14(11)12(15)10-4-1-5-10/h10-11H,1-9H2. The number of rotatable bonds is 4. The van der Waals surface area contributed by atoms with E-state index < -0.39 is 0 Å². The summed E-state index contributed by atoms with van der Waals surface area (Å²) in [7, 11) is 0. The maximum Gasteiger partial charge on any atom is 0.225 e. The van der Waals surface area contributed by atoms with E-state index in [1.165, 1.54) is 19.3 Å². The zero-order chi connectivity index (χ0) is 10.7. The van der Waals surface area contributed by atoms with Crippen molar-refractivity contribution in [2.75, 3.05) is 12.4 Å². The minimum absolute atomic E-state index is 0.363. The lowest BCUT2D eigenvalue weighted by molar-refractivity contribution is -0.139. The third-order valence-corrected chi connectivity index (χ3v) is 4.05. The van der Waals surface area contributed by atoms with Crippen LogP contribution in [-0.2, 0) is 4.79 Å². The monoisotopic (exact) mass is 229 g/mol. The number of nitrogens with zero attached hydrogens (tertiary/aromatic N) is 1. The van der Waals surface area contributed by atoms with Crippen LogP contribution in [0.2, 0.25) is 0 Å². The van der Waals surface area contributed by atoms with E-state index in [0.717, 1.165) is 38.1 Å². The number of amides is 1. The van der Waals surface area contributed by atoms with Crippen LogP contribution in [0.1, 0.15) is 44.9 Å². The van der Waals surface area contributed by atoms with Crippen molar-refractivity contribution in [3.63, 3.8) is 0 Å². The van der Waals surface area contributed by atoms with Crippen LogP contribution in [0.4, 0.5) is 0 Å². The predicted molar refractivity (Wildman–Crippen MR) is 62.0 cm³/mol. The van der Waals surface area contributed by atoms with Crippen molar-refractivity contribution in [3.05, 3.63) is 0 Å². The maximum absolute atomic E-state index is 12.1. The van der Waals surface area contributed by atoms with E-state index in [-0.39, 0.29) is 0 Å². The Balaban J connectivity index is 1.85. The number of carbonyl (C=O) groups excluding carboxylic acids is 1. The normalized spacial score (nSPS) is 26.7. The van der Waals surface area contributed by atoms with Crippen LogP contribution in [0.5, 0.6) is 0 Å². The minimum atomic E-state index is 0.363. The average Bonchev–Trinajstić information content (AvgIpc) is 2.59. The molecular weight excluding hydrogens is 210 g/mol. The van der Waals surface area contributed by atoms with E-state index >= 15 is 0 Å². The summed E-state index contributed by atoms with van der Waals surface area (Å²) in [4.78, 5) is 14.2. The summed E-state index contributed by atoms with van der Waals surface area (Å²) in [6.45, 7) is 0.988. The van der Waals surface area contributed by atoms with E-state index in [0.29, 0.717) is 17.9 Å². The van der Waals surface area contributed by atoms with Gasteiger partial charge in [-0.15, -0.1) is 11.6 Å². The number of hydrogen-bond donors (Lipinski definition) is 0. The quantitative estimate of drug-likeness (QED) is 0.679. The molecule has 1 aliphatic carbocycles. The molecule has 1 saturated heterocycles. The lowest BCUT2D eigenvalue weighted by Gasteiger charge is -2.32. The number of alkyl halides is 1. The highest BCUT2D eigenvalue weighted by Crippen LogP contribution is 2.32. The second-order valence-electron chi connectivity index (χ2n) is 4.79. The Kier molecular flexibility index (Phi) is 3.90. The van der Waals surface area contributed by atoms with Crippen molar-refractivity contribution in [2.45, 2.75) is 51.0 Å². The first kappa shape index (κ1) is 11.3. The van der Waals surface area contributed by atoms with Gasteiger partial charge in [-0.25, -0.2) is 0 Å². The fourth-order valence-electron chi connectivity index (χ4n) is 2.63. The van der Waals surface area contributed by atoms with E-state index in [9.17, 15) is 4.79 Å². The molecule has 0 spiro atoms. The molecule has 0 aromatic heterocycles. The summed E-state index contributed by atoms with van der Waals surface area (Å²) in [5.74, 6) is 1.52. The molecule has 1 unspecified atom stereocenters. The molecule has 0 N–H and O–H groups in total. The molecule has 15 heavy (non-hydrogen) atoms. The van der Waals surface area contributed by atoms with Crippen molar-refractivity contribution >= 4 is 17.5 Å². The summed E-state index contributed by atoms with van der Waals surface area (Å²) in [5.41, 5.74) is 0. The summed E-state index contributed by atoms with van der Waals surface area (Å²) in [5, 5.41) is 0. The molecule has 0 aromatic carbocycles. The van der Waals surface area contributed by atoms with Gasteiger partial charge >= 0.3 is 0 Å². The first-order chi connectivity index (χ1) is 7.33. The molecule has 2 aliphatic rings. The maximum atomic E-state index is 12.1. The fraction of sp³-hybridized carbons (Fsp3) is 0.917. The molecule has 3 heteroatoms. The van der Waals surface area contributed by atoms with E-state index in [4.69, 9.17) is 11.6 Å². The molecule has 1 amide bonds. The summed E-state index contributed by atoms with van der Waals surface area (Å²) in [6, 6.07) is 0.497. The Bertz CT molecular complexity index is 228. The Hall–Kier alpha value is -0.240. The molecule has 1 aliphatic heterocycles. The smallest absolute Gasteiger partial charge is 0.225 e. The highest BCUT2D eigenvalue weighted by molar-refractivity contribution is 6.17.